The van der Waals surface area contributed by atoms with Gasteiger partial charge in [0.2, 0.25) is 0 Å². The van der Waals surface area contributed by atoms with E-state index in [0.29, 0.717) is 15.5 Å². The zero-order chi connectivity index (χ0) is 17.3. The second-order valence-electron chi connectivity index (χ2n) is 4.86. The number of aromatic amines is 1. The Morgan fingerprint density at radius 1 is 1.08 bits per heavy atom. The molecular weight excluding hydrogens is 425 g/mol. The number of nitrogens with one attached hydrogen (secondary N) is 1. The third-order valence-corrected chi connectivity index (χ3v) is 4.75. The van der Waals surface area contributed by atoms with Crippen molar-refractivity contribution in [1.82, 2.24) is 4.98 Å². The molecule has 1 heterocycles. The average molecular weight is 434 g/mol. The van der Waals surface area contributed by atoms with Crippen molar-refractivity contribution in [3.05, 3.63) is 67.7 Å². The second-order valence-corrected chi connectivity index (χ2v) is 7.04. The van der Waals surface area contributed by atoms with Crippen molar-refractivity contribution in [3.8, 4) is 11.3 Å². The Labute approximate surface area is 152 Å². The summed E-state index contributed by atoms with van der Waals surface area (Å²) in [6, 6.07) is 10.2. The molecule has 8 heteroatoms. The van der Waals surface area contributed by atoms with Crippen LogP contribution in [0.4, 0.5) is 18.9 Å². The highest BCUT2D eigenvalue weighted by Gasteiger charge is 2.29. The average Bonchev–Trinajstić information content (AvgIpc) is 2.95. The Hall–Kier alpha value is -1.57. The van der Waals surface area contributed by atoms with E-state index < -0.39 is 11.7 Å². The minimum atomic E-state index is -4.35. The highest BCUT2D eigenvalue weighted by molar-refractivity contribution is 9.10. The van der Waals surface area contributed by atoms with Crippen LogP contribution in [0.3, 0.4) is 0 Å². The van der Waals surface area contributed by atoms with Gasteiger partial charge in [-0.2, -0.15) is 13.2 Å². The van der Waals surface area contributed by atoms with Gasteiger partial charge in [0, 0.05) is 15.4 Å². The van der Waals surface area contributed by atoms with Crippen molar-refractivity contribution in [2.45, 2.75) is 6.18 Å². The Morgan fingerprint density at radius 3 is 2.42 bits per heavy atom. The van der Waals surface area contributed by atoms with Gasteiger partial charge in [-0.25, -0.2) is 4.99 Å². The summed E-state index contributed by atoms with van der Waals surface area (Å²) in [5, 5.41) is 2.44. The van der Waals surface area contributed by atoms with Gasteiger partial charge in [0.1, 0.15) is 0 Å². The van der Waals surface area contributed by atoms with Gasteiger partial charge in [0.05, 0.1) is 22.0 Å². The predicted octanol–water partition coefficient (Wildman–Crippen LogP) is 6.41. The number of hydrogen-bond acceptors (Lipinski definition) is 2. The maximum atomic E-state index is 12.6. The first-order valence-corrected chi connectivity index (χ1v) is 8.73. The number of nitrogens with zero attached hydrogens (tertiary/aromatic N) is 1. The molecule has 124 valence electrons. The van der Waals surface area contributed by atoms with E-state index in [1.54, 1.807) is 6.07 Å². The highest BCUT2D eigenvalue weighted by Crippen LogP contribution is 2.31. The molecule has 0 atom stereocenters. The van der Waals surface area contributed by atoms with Crippen LogP contribution in [-0.2, 0) is 6.18 Å². The Morgan fingerprint density at radius 2 is 1.79 bits per heavy atom. The zero-order valence-corrected chi connectivity index (χ0v) is 15.0. The van der Waals surface area contributed by atoms with Crippen molar-refractivity contribution < 1.29 is 13.2 Å². The summed E-state index contributed by atoms with van der Waals surface area (Å²) in [4.78, 5) is 7.99. The molecule has 0 saturated carbocycles. The molecule has 24 heavy (non-hydrogen) atoms. The Kier molecular flexibility index (Phi) is 4.85. The number of alkyl halides is 3. The highest BCUT2D eigenvalue weighted by atomic mass is 79.9. The number of thiazole rings is 1. The van der Waals surface area contributed by atoms with Crippen LogP contribution in [0.5, 0.6) is 0 Å². The lowest BCUT2D eigenvalue weighted by Gasteiger charge is -2.05. The topological polar surface area (TPSA) is 28.1 Å². The van der Waals surface area contributed by atoms with Gasteiger partial charge in [-0.1, -0.05) is 33.6 Å². The SMILES string of the molecule is FC(F)(F)c1ccc(N=c2[nH]c(-c3ccc(Br)cc3Cl)cs2)cc1. The van der Waals surface area contributed by atoms with Gasteiger partial charge in [-0.05, 0) is 36.4 Å². The second kappa shape index (κ2) is 6.74. The van der Waals surface area contributed by atoms with Crippen LogP contribution in [0.1, 0.15) is 5.56 Å². The van der Waals surface area contributed by atoms with E-state index in [1.165, 1.54) is 23.5 Å². The first kappa shape index (κ1) is 17.3. The summed E-state index contributed by atoms with van der Waals surface area (Å²) in [6.45, 7) is 0. The van der Waals surface area contributed by atoms with E-state index in [-0.39, 0.29) is 0 Å². The van der Waals surface area contributed by atoms with Crippen LogP contribution in [0.25, 0.3) is 11.3 Å². The van der Waals surface area contributed by atoms with E-state index in [0.717, 1.165) is 27.9 Å². The molecule has 0 aliphatic heterocycles. The van der Waals surface area contributed by atoms with Gasteiger partial charge >= 0.3 is 6.18 Å². The van der Waals surface area contributed by atoms with Gasteiger partial charge in [0.15, 0.2) is 4.80 Å². The molecule has 2 aromatic carbocycles. The first-order chi connectivity index (χ1) is 11.3. The van der Waals surface area contributed by atoms with Crippen molar-refractivity contribution >= 4 is 44.6 Å². The van der Waals surface area contributed by atoms with E-state index in [2.05, 4.69) is 25.9 Å². The third kappa shape index (κ3) is 3.91. The number of rotatable bonds is 2. The minimum absolute atomic E-state index is 0.439. The lowest BCUT2D eigenvalue weighted by molar-refractivity contribution is -0.137. The van der Waals surface area contributed by atoms with Crippen LogP contribution < -0.4 is 4.80 Å². The fourth-order valence-electron chi connectivity index (χ4n) is 2.02. The number of hydrogen-bond donors (Lipinski definition) is 1. The Balaban J connectivity index is 1.91. The molecule has 1 N–H and O–H groups in total. The Bertz CT molecular complexity index is 929. The fraction of sp³-hybridized carbons (Fsp3) is 0.0625. The number of aromatic nitrogens is 1. The molecule has 0 aliphatic carbocycles. The van der Waals surface area contributed by atoms with Crippen molar-refractivity contribution in [2.75, 3.05) is 0 Å². The zero-order valence-electron chi connectivity index (χ0n) is 11.9. The summed E-state index contributed by atoms with van der Waals surface area (Å²) in [7, 11) is 0. The molecule has 0 fully saturated rings. The minimum Gasteiger partial charge on any atom is -0.330 e. The standard InChI is InChI=1S/C16H9BrClF3N2S/c17-10-3-6-12(13(18)7-10)14-8-24-15(23-14)22-11-4-1-9(2-5-11)16(19,20)21/h1-8H,(H,22,23). The largest absolute Gasteiger partial charge is 0.416 e. The molecule has 2 nitrogen and oxygen atoms in total. The molecule has 0 unspecified atom stereocenters. The summed E-state index contributed by atoms with van der Waals surface area (Å²) in [5.41, 5.74) is 1.36. The van der Waals surface area contributed by atoms with Crippen molar-refractivity contribution in [2.24, 2.45) is 4.99 Å². The van der Waals surface area contributed by atoms with Crippen LogP contribution in [0, 0.1) is 0 Å². The van der Waals surface area contributed by atoms with Gasteiger partial charge < -0.3 is 4.98 Å². The molecule has 3 rings (SSSR count). The normalized spacial score (nSPS) is 12.6. The fourth-order valence-corrected chi connectivity index (χ4v) is 3.54. The maximum absolute atomic E-state index is 12.6. The predicted molar refractivity (Wildman–Crippen MR) is 93.5 cm³/mol. The molecule has 3 aromatic rings. The van der Waals surface area contributed by atoms with E-state index in [4.69, 9.17) is 11.6 Å². The lowest BCUT2D eigenvalue weighted by Crippen LogP contribution is -2.04. The maximum Gasteiger partial charge on any atom is 0.416 e. The first-order valence-electron chi connectivity index (χ1n) is 6.68. The molecular formula is C16H9BrClF3N2S. The molecule has 1 aromatic heterocycles. The number of halogens is 5. The molecule has 0 aliphatic rings. The van der Waals surface area contributed by atoms with Crippen LogP contribution >= 0.6 is 38.9 Å². The van der Waals surface area contributed by atoms with Crippen molar-refractivity contribution in [1.29, 1.82) is 0 Å². The van der Waals surface area contributed by atoms with E-state index in [9.17, 15) is 13.2 Å². The molecule has 0 radical (unpaired) electrons. The van der Waals surface area contributed by atoms with Gasteiger partial charge in [-0.15, -0.1) is 11.3 Å². The van der Waals surface area contributed by atoms with Crippen molar-refractivity contribution in [3.63, 3.8) is 0 Å². The molecule has 0 spiro atoms. The molecule has 0 bridgehead atoms. The quantitative estimate of drug-likeness (QED) is 0.484. The van der Waals surface area contributed by atoms with E-state index >= 15 is 0 Å². The third-order valence-electron chi connectivity index (χ3n) is 3.18. The molecule has 0 saturated heterocycles. The summed E-state index contributed by atoms with van der Waals surface area (Å²) >= 11 is 10.9. The monoisotopic (exact) mass is 432 g/mol. The molecule has 0 amide bonds. The van der Waals surface area contributed by atoms with Gasteiger partial charge in [-0.3, -0.25) is 0 Å². The van der Waals surface area contributed by atoms with Crippen LogP contribution in [0.2, 0.25) is 5.02 Å². The van der Waals surface area contributed by atoms with Crippen LogP contribution in [-0.4, -0.2) is 4.98 Å². The summed E-state index contributed by atoms with van der Waals surface area (Å²) in [5.74, 6) is 0. The summed E-state index contributed by atoms with van der Waals surface area (Å²) in [6.07, 6.45) is -4.35. The van der Waals surface area contributed by atoms with Crippen LogP contribution in [0.15, 0.2) is 57.3 Å². The number of H-pyrrole nitrogens is 1. The van der Waals surface area contributed by atoms with E-state index in [1.807, 2.05) is 17.5 Å². The number of benzene rings is 2. The summed E-state index contributed by atoms with van der Waals surface area (Å²) < 4.78 is 38.5. The lowest BCUT2D eigenvalue weighted by atomic mass is 10.2. The van der Waals surface area contributed by atoms with Gasteiger partial charge in [0.25, 0.3) is 0 Å². The smallest absolute Gasteiger partial charge is 0.330 e.